The van der Waals surface area contributed by atoms with E-state index in [0.29, 0.717) is 43.2 Å². The summed E-state index contributed by atoms with van der Waals surface area (Å²) in [6.07, 6.45) is 2.16. The fraction of sp³-hybridized carbons (Fsp3) is 0.559. The number of likely N-dealkylation sites (N-methyl/N-ethyl adjacent to an activating group) is 1. The number of benzene rings is 2. The molecule has 1 aliphatic rings. The van der Waals surface area contributed by atoms with Crippen molar-refractivity contribution in [1.82, 2.24) is 15.1 Å². The minimum absolute atomic E-state index is 0.0535. The molecule has 0 saturated carbocycles. The molecular weight excluding hydrogens is 576 g/mol. The Morgan fingerprint density at radius 2 is 1.80 bits per heavy atom. The van der Waals surface area contributed by atoms with E-state index in [-0.39, 0.29) is 48.3 Å². The maximum absolute atomic E-state index is 14.2. The van der Waals surface area contributed by atoms with Gasteiger partial charge in [0.1, 0.15) is 5.75 Å². The summed E-state index contributed by atoms with van der Waals surface area (Å²) in [5, 5.41) is 25.0. The number of hydrogen-bond acceptors (Lipinski definition) is 7. The van der Waals surface area contributed by atoms with Crippen molar-refractivity contribution in [2.45, 2.75) is 84.7 Å². The number of fused-ring (bicyclic) bond motifs is 1. The topological polar surface area (TPSA) is 141 Å². The molecule has 1 aliphatic heterocycles. The van der Waals surface area contributed by atoms with Crippen LogP contribution in [0.5, 0.6) is 5.75 Å². The second-order valence-electron chi connectivity index (χ2n) is 12.5. The minimum Gasteiger partial charge on any atom is -0.490 e. The van der Waals surface area contributed by atoms with Crippen molar-refractivity contribution in [3.63, 3.8) is 0 Å². The van der Waals surface area contributed by atoms with Crippen molar-refractivity contribution in [3.8, 4) is 5.75 Å². The predicted molar refractivity (Wildman–Crippen MR) is 174 cm³/mol. The fourth-order valence-corrected chi connectivity index (χ4v) is 5.33. The van der Waals surface area contributed by atoms with E-state index in [2.05, 4.69) is 15.5 Å². The van der Waals surface area contributed by atoms with E-state index in [1.165, 1.54) is 0 Å². The second kappa shape index (κ2) is 17.1. The van der Waals surface area contributed by atoms with E-state index >= 15 is 0 Å². The zero-order valence-corrected chi connectivity index (χ0v) is 27.4. The zero-order chi connectivity index (χ0) is 33.1. The number of carbonyl (C=O) groups is 3. The Bertz CT molecular complexity index is 1270. The van der Waals surface area contributed by atoms with Crippen LogP contribution in [-0.4, -0.2) is 95.6 Å². The molecule has 0 unspecified atom stereocenters. The van der Waals surface area contributed by atoms with Gasteiger partial charge in [0.2, 0.25) is 0 Å². The highest BCUT2D eigenvalue weighted by atomic mass is 16.5. The third kappa shape index (κ3) is 11.0. The first kappa shape index (κ1) is 35.8. The number of carbonyl (C=O) groups excluding carboxylic acids is 2. The summed E-state index contributed by atoms with van der Waals surface area (Å²) in [5.41, 5.74) is 2.00. The van der Waals surface area contributed by atoms with E-state index in [0.717, 1.165) is 24.8 Å². The molecule has 0 saturated heterocycles. The minimum atomic E-state index is -0.958. The van der Waals surface area contributed by atoms with Crippen LogP contribution < -0.4 is 15.4 Å². The van der Waals surface area contributed by atoms with E-state index in [1.807, 2.05) is 46.9 Å². The van der Waals surface area contributed by atoms with Crippen LogP contribution in [0.25, 0.3) is 0 Å². The van der Waals surface area contributed by atoms with Gasteiger partial charge in [-0.05, 0) is 89.9 Å². The predicted octanol–water partition coefficient (Wildman–Crippen LogP) is 4.84. The summed E-state index contributed by atoms with van der Waals surface area (Å²) in [7, 11) is 1.99. The lowest BCUT2D eigenvalue weighted by Gasteiger charge is -2.36. The number of carboxylic acids is 1. The van der Waals surface area contributed by atoms with E-state index < -0.39 is 12.0 Å². The number of nitrogens with zero attached hydrogens (tertiary/aromatic N) is 2. The number of urea groups is 1. The average molecular weight is 627 g/mol. The molecule has 0 fully saturated rings. The number of ether oxygens (including phenoxy) is 2. The maximum atomic E-state index is 14.2. The standard InChI is InChI=1S/C34H50N4O7/c1-22(2)35-34(43)36-28-14-15-30-29(17-28)32(40)38(24(4)21-39)18-23(3)31(44-16-8-7-9-25(5)45-30)20-37(6)19-26-10-12-27(13-11-26)33(41)42/h10-15,17,22-25,31,39H,7-9,16,18-21H2,1-6H3,(H,41,42)(H2,35,36,43)/t23-,24-,25-,31+/m1/s1. The summed E-state index contributed by atoms with van der Waals surface area (Å²) < 4.78 is 12.7. The van der Waals surface area contributed by atoms with Gasteiger partial charge >= 0.3 is 12.0 Å². The molecule has 0 aromatic heterocycles. The molecule has 11 heteroatoms. The highest BCUT2D eigenvalue weighted by Crippen LogP contribution is 2.28. The number of rotatable bonds is 9. The quantitative estimate of drug-likeness (QED) is 0.310. The van der Waals surface area contributed by atoms with Gasteiger partial charge in [-0.1, -0.05) is 19.1 Å². The van der Waals surface area contributed by atoms with Gasteiger partial charge in [-0.3, -0.25) is 9.69 Å². The number of aliphatic hydroxyl groups is 1. The van der Waals surface area contributed by atoms with E-state index in [1.54, 1.807) is 42.2 Å². The molecular formula is C34H50N4O7. The molecule has 45 heavy (non-hydrogen) atoms. The summed E-state index contributed by atoms with van der Waals surface area (Å²) in [6.45, 7) is 11.4. The number of aromatic carboxylic acids is 1. The first-order chi connectivity index (χ1) is 21.4. The van der Waals surface area contributed by atoms with Crippen LogP contribution in [0.15, 0.2) is 42.5 Å². The van der Waals surface area contributed by atoms with Gasteiger partial charge in [0.25, 0.3) is 5.91 Å². The average Bonchev–Trinajstić information content (AvgIpc) is 2.98. The van der Waals surface area contributed by atoms with E-state index in [9.17, 15) is 24.6 Å². The van der Waals surface area contributed by atoms with E-state index in [4.69, 9.17) is 9.47 Å². The van der Waals surface area contributed by atoms with Crippen molar-refractivity contribution >= 4 is 23.6 Å². The monoisotopic (exact) mass is 626 g/mol. The molecule has 3 rings (SSSR count). The Kier molecular flexibility index (Phi) is 13.6. The number of anilines is 1. The Morgan fingerprint density at radius 3 is 2.44 bits per heavy atom. The van der Waals surface area contributed by atoms with Crippen molar-refractivity contribution in [2.24, 2.45) is 5.92 Å². The molecule has 248 valence electrons. The molecule has 0 aliphatic carbocycles. The lowest BCUT2D eigenvalue weighted by molar-refractivity contribution is -0.0177. The first-order valence-electron chi connectivity index (χ1n) is 15.8. The van der Waals surface area contributed by atoms with Crippen LogP contribution in [0.3, 0.4) is 0 Å². The highest BCUT2D eigenvalue weighted by molar-refractivity contribution is 5.99. The van der Waals surface area contributed by atoms with Crippen molar-refractivity contribution in [2.75, 3.05) is 38.7 Å². The van der Waals surface area contributed by atoms with Crippen LogP contribution in [0, 0.1) is 5.92 Å². The first-order valence-corrected chi connectivity index (χ1v) is 15.8. The van der Waals surface area contributed by atoms with Gasteiger partial charge in [0, 0.05) is 43.9 Å². The molecule has 0 bridgehead atoms. The van der Waals surface area contributed by atoms with Crippen LogP contribution >= 0.6 is 0 Å². The summed E-state index contributed by atoms with van der Waals surface area (Å²) >= 11 is 0. The lowest BCUT2D eigenvalue weighted by Crippen LogP contribution is -2.47. The summed E-state index contributed by atoms with van der Waals surface area (Å²) in [4.78, 5) is 41.7. The molecule has 3 amide bonds. The van der Waals surface area contributed by atoms with Gasteiger partial charge in [-0.2, -0.15) is 0 Å². The molecule has 2 aromatic rings. The van der Waals surface area contributed by atoms with Crippen LogP contribution in [0.4, 0.5) is 10.5 Å². The molecule has 0 spiro atoms. The zero-order valence-electron chi connectivity index (χ0n) is 27.4. The number of amides is 3. The molecule has 11 nitrogen and oxygen atoms in total. The molecule has 2 aromatic carbocycles. The summed E-state index contributed by atoms with van der Waals surface area (Å²) in [5.74, 6) is -0.922. The molecule has 4 N–H and O–H groups in total. The Morgan fingerprint density at radius 1 is 1.09 bits per heavy atom. The molecule has 1 heterocycles. The normalized spacial score (nSPS) is 20.6. The highest BCUT2D eigenvalue weighted by Gasteiger charge is 2.30. The number of aliphatic hydroxyl groups excluding tert-OH is 1. The van der Waals surface area contributed by atoms with Crippen LogP contribution in [0.2, 0.25) is 0 Å². The Balaban J connectivity index is 1.88. The van der Waals surface area contributed by atoms with Gasteiger partial charge in [-0.25, -0.2) is 9.59 Å². The largest absolute Gasteiger partial charge is 0.490 e. The van der Waals surface area contributed by atoms with Crippen molar-refractivity contribution < 1.29 is 34.1 Å². The van der Waals surface area contributed by atoms with Crippen LogP contribution in [0.1, 0.15) is 80.2 Å². The van der Waals surface area contributed by atoms with Gasteiger partial charge < -0.3 is 35.2 Å². The maximum Gasteiger partial charge on any atom is 0.335 e. The number of nitrogens with one attached hydrogen (secondary N) is 2. The lowest BCUT2D eigenvalue weighted by atomic mass is 10.0. The van der Waals surface area contributed by atoms with Gasteiger partial charge in [-0.15, -0.1) is 0 Å². The fourth-order valence-electron chi connectivity index (χ4n) is 5.33. The van der Waals surface area contributed by atoms with Crippen molar-refractivity contribution in [3.05, 3.63) is 59.2 Å². The SMILES string of the molecule is CC(C)NC(=O)Nc1ccc2c(c1)C(=O)N([C@H](C)CO)C[C@@H](C)[C@H](CN(C)Cc1ccc(C(=O)O)cc1)OCCCC[C@@H](C)O2. The third-order valence-corrected chi connectivity index (χ3v) is 7.87. The van der Waals surface area contributed by atoms with Crippen LogP contribution in [-0.2, 0) is 11.3 Å². The van der Waals surface area contributed by atoms with Gasteiger partial charge in [0.15, 0.2) is 0 Å². The molecule has 0 radical (unpaired) electrons. The number of hydrogen-bond donors (Lipinski definition) is 4. The smallest absolute Gasteiger partial charge is 0.335 e. The Labute approximate surface area is 266 Å². The van der Waals surface area contributed by atoms with Crippen molar-refractivity contribution in [1.29, 1.82) is 0 Å². The molecule has 4 atom stereocenters. The second-order valence-corrected chi connectivity index (χ2v) is 12.5. The summed E-state index contributed by atoms with van der Waals surface area (Å²) in [6, 6.07) is 11.0. The third-order valence-electron chi connectivity index (χ3n) is 7.87. The van der Waals surface area contributed by atoms with Gasteiger partial charge in [0.05, 0.1) is 36.0 Å². The number of carboxylic acid groups (broad SMARTS) is 1. The Hall–Kier alpha value is -3.67.